The van der Waals surface area contributed by atoms with Gasteiger partial charge in [0.05, 0.1) is 5.69 Å². The van der Waals surface area contributed by atoms with Crippen LogP contribution < -0.4 is 4.90 Å². The highest BCUT2D eigenvalue weighted by molar-refractivity contribution is 5.86. The van der Waals surface area contributed by atoms with Crippen LogP contribution in [0.4, 0.5) is 5.69 Å². The summed E-state index contributed by atoms with van der Waals surface area (Å²) in [4.78, 5) is 19.7. The van der Waals surface area contributed by atoms with Crippen LogP contribution in [0.1, 0.15) is 23.3 Å². The Balaban J connectivity index is 1.84. The van der Waals surface area contributed by atoms with Gasteiger partial charge in [0, 0.05) is 25.5 Å². The van der Waals surface area contributed by atoms with Crippen LogP contribution in [0.3, 0.4) is 0 Å². The maximum atomic E-state index is 11.0. The van der Waals surface area contributed by atoms with Gasteiger partial charge in [-0.2, -0.15) is 0 Å². The van der Waals surface area contributed by atoms with E-state index in [-0.39, 0.29) is 5.69 Å². The van der Waals surface area contributed by atoms with Crippen molar-refractivity contribution in [3.63, 3.8) is 0 Å². The largest absolute Gasteiger partial charge is 0.476 e. The molecular weight excluding hydrogens is 268 g/mol. The Hall–Kier alpha value is -2.08. The Morgan fingerprint density at radius 1 is 1.33 bits per heavy atom. The molecule has 1 saturated heterocycles. The van der Waals surface area contributed by atoms with E-state index in [1.165, 1.54) is 0 Å². The van der Waals surface area contributed by atoms with Gasteiger partial charge >= 0.3 is 5.97 Å². The molecule has 0 unspecified atom stereocenters. The lowest BCUT2D eigenvalue weighted by Gasteiger charge is -2.36. The fourth-order valence-electron chi connectivity index (χ4n) is 2.88. The Labute approximate surface area is 123 Å². The number of likely N-dealkylation sites (tertiary alicyclic amines) is 1. The molecule has 1 aliphatic heterocycles. The molecule has 0 saturated carbocycles. The first-order chi connectivity index (χ1) is 10.0. The van der Waals surface area contributed by atoms with E-state index in [4.69, 9.17) is 5.11 Å². The van der Waals surface area contributed by atoms with E-state index in [2.05, 4.69) is 28.9 Å². The van der Waals surface area contributed by atoms with Crippen LogP contribution in [0.25, 0.3) is 5.65 Å². The van der Waals surface area contributed by atoms with Crippen molar-refractivity contribution in [3.8, 4) is 0 Å². The summed E-state index contributed by atoms with van der Waals surface area (Å²) in [5.41, 5.74) is 1.83. The number of piperidine rings is 1. The van der Waals surface area contributed by atoms with Crippen LogP contribution in [-0.2, 0) is 0 Å². The molecule has 0 bridgehead atoms. The van der Waals surface area contributed by atoms with Crippen molar-refractivity contribution in [1.82, 2.24) is 14.3 Å². The van der Waals surface area contributed by atoms with Crippen LogP contribution in [0, 0.1) is 0 Å². The van der Waals surface area contributed by atoms with Gasteiger partial charge in [-0.15, -0.1) is 0 Å². The van der Waals surface area contributed by atoms with Crippen LogP contribution in [-0.4, -0.2) is 58.6 Å². The van der Waals surface area contributed by atoms with Crippen molar-refractivity contribution in [1.29, 1.82) is 0 Å². The number of hydrogen-bond acceptors (Lipinski definition) is 4. The number of anilines is 1. The number of carboxylic acid groups (broad SMARTS) is 1. The van der Waals surface area contributed by atoms with Gasteiger partial charge in [-0.1, -0.05) is 0 Å². The lowest BCUT2D eigenvalue weighted by atomic mass is 10.0. The minimum atomic E-state index is -0.996. The van der Waals surface area contributed by atoms with Gasteiger partial charge in [-0.05, 0) is 45.1 Å². The van der Waals surface area contributed by atoms with E-state index in [0.29, 0.717) is 11.7 Å². The van der Waals surface area contributed by atoms with Gasteiger partial charge < -0.3 is 19.3 Å². The molecule has 2 aromatic rings. The normalized spacial score (nSPS) is 17.2. The molecule has 0 spiro atoms. The third-order valence-electron chi connectivity index (χ3n) is 4.30. The van der Waals surface area contributed by atoms with E-state index in [1.54, 1.807) is 10.6 Å². The molecule has 0 aromatic carbocycles. The third-order valence-corrected chi connectivity index (χ3v) is 4.30. The van der Waals surface area contributed by atoms with Crippen molar-refractivity contribution in [2.45, 2.75) is 18.9 Å². The van der Waals surface area contributed by atoms with Gasteiger partial charge in [0.2, 0.25) is 0 Å². The molecule has 1 aliphatic rings. The summed E-state index contributed by atoms with van der Waals surface area (Å²) in [6.45, 7) is 2.23. The third kappa shape index (κ3) is 2.71. The fourth-order valence-corrected chi connectivity index (χ4v) is 2.88. The van der Waals surface area contributed by atoms with Gasteiger partial charge in [0.1, 0.15) is 5.65 Å². The van der Waals surface area contributed by atoms with Gasteiger partial charge in [-0.25, -0.2) is 9.78 Å². The Kier molecular flexibility index (Phi) is 3.55. The number of pyridine rings is 1. The lowest BCUT2D eigenvalue weighted by Crippen LogP contribution is -2.42. The number of hydrogen-bond donors (Lipinski definition) is 1. The predicted molar refractivity (Wildman–Crippen MR) is 81.1 cm³/mol. The van der Waals surface area contributed by atoms with Crippen molar-refractivity contribution in [3.05, 3.63) is 30.2 Å². The summed E-state index contributed by atoms with van der Waals surface area (Å²) < 4.78 is 1.78. The zero-order valence-corrected chi connectivity index (χ0v) is 12.4. The predicted octanol–water partition coefficient (Wildman–Crippen LogP) is 1.56. The van der Waals surface area contributed by atoms with Crippen molar-refractivity contribution < 1.29 is 9.90 Å². The maximum Gasteiger partial charge on any atom is 0.356 e. The molecular formula is C15H20N4O2. The summed E-state index contributed by atoms with van der Waals surface area (Å²) in [5, 5.41) is 9.00. The van der Waals surface area contributed by atoms with Crippen LogP contribution in [0.5, 0.6) is 0 Å². The van der Waals surface area contributed by atoms with E-state index in [1.807, 2.05) is 18.3 Å². The highest BCUT2D eigenvalue weighted by Gasteiger charge is 2.21. The molecule has 21 heavy (non-hydrogen) atoms. The van der Waals surface area contributed by atoms with Gasteiger partial charge in [0.15, 0.2) is 5.69 Å². The second kappa shape index (κ2) is 5.37. The average molecular weight is 288 g/mol. The van der Waals surface area contributed by atoms with Crippen molar-refractivity contribution in [2.24, 2.45) is 0 Å². The molecule has 6 nitrogen and oxygen atoms in total. The second-order valence-electron chi connectivity index (χ2n) is 5.73. The molecule has 6 heteroatoms. The number of fused-ring (bicyclic) bond motifs is 1. The minimum Gasteiger partial charge on any atom is -0.476 e. The first-order valence-electron chi connectivity index (χ1n) is 7.18. The van der Waals surface area contributed by atoms with E-state index in [9.17, 15) is 4.79 Å². The van der Waals surface area contributed by atoms with E-state index < -0.39 is 5.97 Å². The molecule has 0 atom stereocenters. The topological polar surface area (TPSA) is 61.1 Å². The molecule has 0 aliphatic carbocycles. The highest BCUT2D eigenvalue weighted by atomic mass is 16.4. The first kappa shape index (κ1) is 13.9. The quantitative estimate of drug-likeness (QED) is 0.929. The Morgan fingerprint density at radius 2 is 2.05 bits per heavy atom. The molecule has 0 radical (unpaired) electrons. The number of aromatic nitrogens is 2. The van der Waals surface area contributed by atoms with Crippen LogP contribution in [0.2, 0.25) is 0 Å². The summed E-state index contributed by atoms with van der Waals surface area (Å²) in [6.07, 6.45) is 5.81. The highest BCUT2D eigenvalue weighted by Crippen LogP contribution is 2.22. The molecule has 1 N–H and O–H groups in total. The monoisotopic (exact) mass is 288 g/mol. The molecule has 1 fully saturated rings. The Morgan fingerprint density at radius 3 is 2.71 bits per heavy atom. The number of nitrogens with zero attached hydrogens (tertiary/aromatic N) is 4. The summed E-state index contributed by atoms with van der Waals surface area (Å²) in [6, 6.07) is 4.40. The zero-order valence-electron chi connectivity index (χ0n) is 12.4. The first-order valence-corrected chi connectivity index (χ1v) is 7.18. The second-order valence-corrected chi connectivity index (χ2v) is 5.73. The van der Waals surface area contributed by atoms with E-state index >= 15 is 0 Å². The number of carboxylic acids is 1. The van der Waals surface area contributed by atoms with E-state index in [0.717, 1.165) is 31.6 Å². The van der Waals surface area contributed by atoms with Gasteiger partial charge in [-0.3, -0.25) is 0 Å². The number of carbonyl (C=O) groups is 1. The SMILES string of the molecule is CN1CCC(N(C)c2ccc3nc(C(=O)O)cn3c2)CC1. The summed E-state index contributed by atoms with van der Waals surface area (Å²) in [5.74, 6) is -0.996. The van der Waals surface area contributed by atoms with Crippen molar-refractivity contribution in [2.75, 3.05) is 32.1 Å². The molecule has 3 heterocycles. The number of rotatable bonds is 3. The number of imidazole rings is 1. The smallest absolute Gasteiger partial charge is 0.356 e. The summed E-state index contributed by atoms with van der Waals surface area (Å²) >= 11 is 0. The average Bonchev–Trinajstić information content (AvgIpc) is 2.90. The molecule has 0 amide bonds. The summed E-state index contributed by atoms with van der Waals surface area (Å²) in [7, 11) is 4.26. The Bertz CT molecular complexity index is 659. The van der Waals surface area contributed by atoms with Gasteiger partial charge in [0.25, 0.3) is 0 Å². The molecule has 2 aromatic heterocycles. The van der Waals surface area contributed by atoms with Crippen LogP contribution in [0.15, 0.2) is 24.5 Å². The van der Waals surface area contributed by atoms with Crippen molar-refractivity contribution >= 4 is 17.3 Å². The lowest BCUT2D eigenvalue weighted by molar-refractivity contribution is 0.0691. The minimum absolute atomic E-state index is 0.0779. The zero-order chi connectivity index (χ0) is 15.0. The number of aromatic carboxylic acids is 1. The fraction of sp³-hybridized carbons (Fsp3) is 0.467. The standard InChI is InChI=1S/C15H20N4O2/c1-17-7-5-11(6-8-17)18(2)12-3-4-14-16-13(15(20)21)10-19(14)9-12/h3-4,9-11H,5-8H2,1-2H3,(H,20,21). The molecule has 3 rings (SSSR count). The van der Waals surface area contributed by atoms with Crippen LogP contribution >= 0.6 is 0 Å². The maximum absolute atomic E-state index is 11.0. The molecule has 112 valence electrons.